The molecule has 8 heteroatoms. The van der Waals surface area contributed by atoms with Crippen molar-refractivity contribution in [2.75, 3.05) is 26.3 Å². The molecule has 2 aromatic rings. The van der Waals surface area contributed by atoms with Crippen LogP contribution in [0.5, 0.6) is 0 Å². The molecule has 1 amide bonds. The molecule has 0 saturated carbocycles. The number of hydrogen-bond acceptors (Lipinski definition) is 5. The van der Waals surface area contributed by atoms with E-state index in [0.717, 1.165) is 5.69 Å². The Kier molecular flexibility index (Phi) is 3.31. The fraction of sp³-hybridized carbons (Fsp3) is 0.500. The van der Waals surface area contributed by atoms with Crippen LogP contribution in [0.3, 0.4) is 0 Å². The SMILES string of the molecule is Cc1ccn2ncc(C(=O)N3C[C@H]4COCC[C@@]4(C(=O)O)C3)c2n1. The Hall–Kier alpha value is -2.48. The highest BCUT2D eigenvalue weighted by Gasteiger charge is 2.55. The zero-order valence-corrected chi connectivity index (χ0v) is 13.3. The number of hydrogen-bond donors (Lipinski definition) is 1. The minimum atomic E-state index is -0.903. The van der Waals surface area contributed by atoms with Gasteiger partial charge in [-0.3, -0.25) is 9.59 Å². The van der Waals surface area contributed by atoms with Gasteiger partial charge in [0, 0.05) is 37.5 Å². The van der Waals surface area contributed by atoms with Crippen LogP contribution in [0.2, 0.25) is 0 Å². The number of ether oxygens (including phenoxy) is 1. The summed E-state index contributed by atoms with van der Waals surface area (Å²) in [4.78, 5) is 30.8. The third kappa shape index (κ3) is 2.10. The van der Waals surface area contributed by atoms with Crippen LogP contribution in [0.4, 0.5) is 0 Å². The molecule has 2 aromatic heterocycles. The van der Waals surface area contributed by atoms with Crippen LogP contribution in [0.25, 0.3) is 5.65 Å². The van der Waals surface area contributed by atoms with Crippen LogP contribution in [0.15, 0.2) is 18.5 Å². The Morgan fingerprint density at radius 2 is 2.29 bits per heavy atom. The maximum Gasteiger partial charge on any atom is 0.311 e. The van der Waals surface area contributed by atoms with E-state index in [0.29, 0.717) is 37.4 Å². The van der Waals surface area contributed by atoms with Gasteiger partial charge in [0.15, 0.2) is 5.65 Å². The van der Waals surface area contributed by atoms with Crippen molar-refractivity contribution in [3.05, 3.63) is 29.7 Å². The summed E-state index contributed by atoms with van der Waals surface area (Å²) in [5, 5.41) is 13.9. The molecule has 2 fully saturated rings. The zero-order valence-electron chi connectivity index (χ0n) is 13.3. The first-order valence-corrected chi connectivity index (χ1v) is 7.93. The predicted octanol–water partition coefficient (Wildman–Crippen LogP) is 0.601. The Balaban J connectivity index is 1.67. The topological polar surface area (TPSA) is 97.0 Å². The van der Waals surface area contributed by atoms with Gasteiger partial charge in [0.05, 0.1) is 18.2 Å². The third-order valence-corrected chi connectivity index (χ3v) is 5.16. The monoisotopic (exact) mass is 330 g/mol. The Bertz CT molecular complexity index is 833. The van der Waals surface area contributed by atoms with Crippen LogP contribution in [-0.4, -0.2) is 62.8 Å². The minimum absolute atomic E-state index is 0.177. The number of rotatable bonds is 2. The second kappa shape index (κ2) is 5.27. The second-order valence-corrected chi connectivity index (χ2v) is 6.56. The fourth-order valence-corrected chi connectivity index (χ4v) is 3.73. The molecule has 126 valence electrons. The highest BCUT2D eigenvalue weighted by molar-refractivity contribution is 6.00. The number of amides is 1. The number of likely N-dealkylation sites (tertiary alicyclic amines) is 1. The van der Waals surface area contributed by atoms with Crippen molar-refractivity contribution in [3.63, 3.8) is 0 Å². The number of aromatic nitrogens is 3. The summed E-state index contributed by atoms with van der Waals surface area (Å²) in [5.41, 5.74) is 0.789. The molecular formula is C16H18N4O4. The van der Waals surface area contributed by atoms with Crippen molar-refractivity contribution >= 4 is 17.5 Å². The van der Waals surface area contributed by atoms with Gasteiger partial charge in [0.2, 0.25) is 0 Å². The molecule has 1 N–H and O–H groups in total. The van der Waals surface area contributed by atoms with Crippen LogP contribution in [0, 0.1) is 18.3 Å². The number of fused-ring (bicyclic) bond motifs is 2. The van der Waals surface area contributed by atoms with Gasteiger partial charge in [-0.25, -0.2) is 9.50 Å². The van der Waals surface area contributed by atoms with Crippen molar-refractivity contribution in [3.8, 4) is 0 Å². The quantitative estimate of drug-likeness (QED) is 0.866. The first-order valence-electron chi connectivity index (χ1n) is 7.93. The molecule has 2 atom stereocenters. The van der Waals surface area contributed by atoms with Crippen LogP contribution >= 0.6 is 0 Å². The van der Waals surface area contributed by atoms with Gasteiger partial charge in [-0.15, -0.1) is 0 Å². The van der Waals surface area contributed by atoms with E-state index in [4.69, 9.17) is 4.74 Å². The largest absolute Gasteiger partial charge is 0.481 e. The van der Waals surface area contributed by atoms with E-state index in [1.54, 1.807) is 15.6 Å². The summed E-state index contributed by atoms with van der Waals surface area (Å²) in [5.74, 6) is -1.25. The number of nitrogens with zero attached hydrogens (tertiary/aromatic N) is 4. The molecule has 2 saturated heterocycles. The fourth-order valence-electron chi connectivity index (χ4n) is 3.73. The standard InChI is InChI=1S/C16H18N4O4/c1-10-2-4-20-13(18-10)12(6-17-20)14(21)19-7-11-8-24-5-3-16(11,9-19)15(22)23/h2,4,6,11H,3,5,7-9H2,1H3,(H,22,23)/t11-,16+/m0/s1. The van der Waals surface area contributed by atoms with Gasteiger partial charge >= 0.3 is 5.97 Å². The van der Waals surface area contributed by atoms with Crippen LogP contribution in [0.1, 0.15) is 22.5 Å². The predicted molar refractivity (Wildman–Crippen MR) is 82.6 cm³/mol. The molecule has 4 rings (SSSR count). The minimum Gasteiger partial charge on any atom is -0.481 e. The summed E-state index contributed by atoms with van der Waals surface area (Å²) in [6, 6.07) is 1.81. The highest BCUT2D eigenvalue weighted by atomic mass is 16.5. The van der Waals surface area contributed by atoms with E-state index in [-0.39, 0.29) is 18.4 Å². The van der Waals surface area contributed by atoms with E-state index < -0.39 is 11.4 Å². The molecule has 0 radical (unpaired) electrons. The van der Waals surface area contributed by atoms with Crippen molar-refractivity contribution in [2.24, 2.45) is 11.3 Å². The lowest BCUT2D eigenvalue weighted by atomic mass is 9.74. The molecule has 0 bridgehead atoms. The molecule has 24 heavy (non-hydrogen) atoms. The van der Waals surface area contributed by atoms with E-state index in [1.165, 1.54) is 6.20 Å². The van der Waals surface area contributed by atoms with Gasteiger partial charge < -0.3 is 14.7 Å². The summed E-state index contributed by atoms with van der Waals surface area (Å²) in [6.07, 6.45) is 3.68. The van der Waals surface area contributed by atoms with E-state index in [1.807, 2.05) is 13.0 Å². The molecule has 4 heterocycles. The lowest BCUT2D eigenvalue weighted by molar-refractivity contribution is -0.157. The van der Waals surface area contributed by atoms with Crippen molar-refractivity contribution < 1.29 is 19.4 Å². The van der Waals surface area contributed by atoms with E-state index >= 15 is 0 Å². The molecule has 8 nitrogen and oxygen atoms in total. The summed E-state index contributed by atoms with van der Waals surface area (Å²) in [6.45, 7) is 3.24. The summed E-state index contributed by atoms with van der Waals surface area (Å²) >= 11 is 0. The molecule has 2 aliphatic rings. The average molecular weight is 330 g/mol. The first-order chi connectivity index (χ1) is 11.5. The summed E-state index contributed by atoms with van der Waals surface area (Å²) in [7, 11) is 0. The molecule has 0 aliphatic carbocycles. The van der Waals surface area contributed by atoms with Crippen molar-refractivity contribution in [2.45, 2.75) is 13.3 Å². The Morgan fingerprint density at radius 3 is 3.04 bits per heavy atom. The van der Waals surface area contributed by atoms with Crippen LogP contribution in [-0.2, 0) is 9.53 Å². The van der Waals surface area contributed by atoms with Gasteiger partial charge in [0.1, 0.15) is 5.56 Å². The van der Waals surface area contributed by atoms with Gasteiger partial charge in [-0.2, -0.15) is 5.10 Å². The van der Waals surface area contributed by atoms with Crippen molar-refractivity contribution in [1.29, 1.82) is 0 Å². The van der Waals surface area contributed by atoms with Crippen molar-refractivity contribution in [1.82, 2.24) is 19.5 Å². The Morgan fingerprint density at radius 1 is 1.46 bits per heavy atom. The third-order valence-electron chi connectivity index (χ3n) is 5.16. The molecular weight excluding hydrogens is 312 g/mol. The van der Waals surface area contributed by atoms with Gasteiger partial charge in [-0.05, 0) is 19.4 Å². The Labute approximate surface area is 138 Å². The number of carboxylic acids is 1. The van der Waals surface area contributed by atoms with Gasteiger partial charge in [0.25, 0.3) is 5.91 Å². The number of carbonyl (C=O) groups is 2. The van der Waals surface area contributed by atoms with E-state index in [2.05, 4.69) is 10.1 Å². The molecule has 0 unspecified atom stereocenters. The number of aliphatic carboxylic acids is 1. The maximum atomic E-state index is 12.9. The number of carbonyl (C=O) groups excluding carboxylic acids is 1. The zero-order chi connectivity index (χ0) is 16.9. The molecule has 2 aliphatic heterocycles. The first kappa shape index (κ1) is 15.1. The smallest absolute Gasteiger partial charge is 0.311 e. The van der Waals surface area contributed by atoms with Crippen LogP contribution < -0.4 is 0 Å². The molecule has 0 aromatic carbocycles. The second-order valence-electron chi connectivity index (χ2n) is 6.56. The highest BCUT2D eigenvalue weighted by Crippen LogP contribution is 2.42. The van der Waals surface area contributed by atoms with Gasteiger partial charge in [-0.1, -0.05) is 0 Å². The van der Waals surface area contributed by atoms with E-state index in [9.17, 15) is 14.7 Å². The number of aryl methyl sites for hydroxylation is 1. The summed E-state index contributed by atoms with van der Waals surface area (Å²) < 4.78 is 6.99. The normalized spacial score (nSPS) is 26.5. The lowest BCUT2D eigenvalue weighted by Crippen LogP contribution is -2.45. The number of carboxylic acid groups (broad SMARTS) is 1. The average Bonchev–Trinajstić information content (AvgIpc) is 3.15. The lowest BCUT2D eigenvalue weighted by Gasteiger charge is -2.33. The maximum absolute atomic E-state index is 12.9. The molecule has 0 spiro atoms.